The van der Waals surface area contributed by atoms with Crippen LogP contribution in [0.1, 0.15) is 273 Å². The van der Waals surface area contributed by atoms with Gasteiger partial charge in [-0.15, -0.1) is 140 Å². The van der Waals surface area contributed by atoms with Crippen LogP contribution in [0.25, 0.3) is 88.6 Å². The maximum absolute atomic E-state index is 11.5. The fraction of sp³-hybridized carbons (Fsp3) is 0.424. The fourth-order valence-electron chi connectivity index (χ4n) is 13.7. The number of aryl methyl sites for hydroxylation is 10. The zero-order valence-electron chi connectivity index (χ0n) is 94.4. The summed E-state index contributed by atoms with van der Waals surface area (Å²) >= 11 is 0. The van der Waals surface area contributed by atoms with E-state index >= 15 is 0 Å². The van der Waals surface area contributed by atoms with Gasteiger partial charge in [0.2, 0.25) is 0 Å². The van der Waals surface area contributed by atoms with Gasteiger partial charge >= 0.3 is 0 Å². The molecule has 4 radical (unpaired) electrons. The van der Waals surface area contributed by atoms with Crippen molar-refractivity contribution >= 4 is 66.7 Å². The quantitative estimate of drug-likeness (QED) is 0.0477. The van der Waals surface area contributed by atoms with Crippen LogP contribution in [0.3, 0.4) is 0 Å². The van der Waals surface area contributed by atoms with Gasteiger partial charge in [0.25, 0.3) is 0 Å². The molecule has 4 N–H and O–H groups in total. The van der Waals surface area contributed by atoms with Gasteiger partial charge in [0.1, 0.15) is 46.0 Å². The summed E-state index contributed by atoms with van der Waals surface area (Å²) < 4.78 is 21.4. The minimum absolute atomic E-state index is 0. The average molecular weight is 2680 g/mol. The Kier molecular flexibility index (Phi) is 50.8. The van der Waals surface area contributed by atoms with E-state index in [1.54, 1.807) is 28.4 Å². The molecule has 20 heteroatoms. The summed E-state index contributed by atoms with van der Waals surface area (Å²) in [6.07, 6.45) is 5.33. The zero-order chi connectivity index (χ0) is 107. The van der Waals surface area contributed by atoms with Gasteiger partial charge in [-0.1, -0.05) is 303 Å². The molecule has 0 saturated carbocycles. The largest absolute Gasteiger partial charge is 0.512 e. The number of rotatable bonds is 13. The second-order valence-electron chi connectivity index (χ2n) is 46.4. The molecule has 794 valence electrons. The maximum atomic E-state index is 11.5. The number of methoxy groups -OCH3 is 4. The Bertz CT molecular complexity index is 6280. The number of ketones is 4. The number of aromatic nitrogens is 4. The molecule has 16 nitrogen and oxygen atoms in total. The number of hydrogen-bond donors (Lipinski definition) is 4. The van der Waals surface area contributed by atoms with Crippen molar-refractivity contribution in [3.8, 4) is 68.0 Å². The van der Waals surface area contributed by atoms with Crippen molar-refractivity contribution in [1.82, 2.24) is 19.9 Å². The maximum Gasteiger partial charge on any atom is 0.164 e. The first-order chi connectivity index (χ1) is 64.6. The SMILES string of the molecule is CC(C)(C)C(=O)C=C(O)C(C)(C)C.CC(C)(C)C(=O)C=C(O)C(C)(C)C.CC(C)(C)C(=O)C=C(O)C(C)(C)C.CC(C)(C)C(=O)C=C(O)C(C)(C)C.COc1cc(C)cc2nc(-c3[c-]c(C)cc(C)c3)ccc12.COc1ccc2nc(-c3[c-]c(C)cc(C)c3)c(C(C)(C)C)cc2c1.COc1ccc2nc(-c3[c-]c(C)cc(C)c3)c(C(C)C)cc2c1.COc1ccc2nc(-c3[c-]c(C)cc(C)c3)c(C)cc2c1.[Ir].[Ir].[Ir].[Ir]. The number of carbonyl (C=O) groups excluding carboxylic acids is 4. The zero-order valence-corrected chi connectivity index (χ0v) is 104. The summed E-state index contributed by atoms with van der Waals surface area (Å²) in [5, 5.41) is 42.6. The minimum atomic E-state index is -0.417. The van der Waals surface area contributed by atoms with Crippen LogP contribution in [-0.2, 0) is 105 Å². The Balaban J connectivity index is 0.000000837. The Hall–Kier alpha value is -9.96. The van der Waals surface area contributed by atoms with E-state index < -0.39 is 21.7 Å². The predicted octanol–water partition coefficient (Wildman–Crippen LogP) is 32.7. The molecule has 0 aliphatic carbocycles. The van der Waals surface area contributed by atoms with E-state index in [1.165, 1.54) is 57.7 Å². The number of aliphatic hydroxyl groups is 4. The molecule has 4 heterocycles. The molecule has 0 aliphatic heterocycles. The molecule has 0 amide bonds. The van der Waals surface area contributed by atoms with Gasteiger partial charge in [0.05, 0.1) is 50.5 Å². The normalized spacial score (nSPS) is 12.1. The van der Waals surface area contributed by atoms with Crippen molar-refractivity contribution in [2.24, 2.45) is 43.3 Å². The van der Waals surface area contributed by atoms with Crippen molar-refractivity contribution in [3.63, 3.8) is 0 Å². The van der Waals surface area contributed by atoms with E-state index in [0.717, 1.165) is 145 Å². The topological polar surface area (TPSA) is 238 Å². The van der Waals surface area contributed by atoms with Gasteiger partial charge in [-0.05, 0) is 120 Å². The molecule has 0 bridgehead atoms. The van der Waals surface area contributed by atoms with Gasteiger partial charge in [0.15, 0.2) is 23.1 Å². The predicted molar refractivity (Wildman–Crippen MR) is 589 cm³/mol. The van der Waals surface area contributed by atoms with Crippen molar-refractivity contribution < 1.29 is 139 Å². The summed E-state index contributed by atoms with van der Waals surface area (Å²) in [5.41, 5.74) is 23.3. The van der Waals surface area contributed by atoms with E-state index in [-0.39, 0.29) is 154 Å². The molecule has 8 aromatic carbocycles. The molecule has 0 fully saturated rings. The Labute approximate surface area is 923 Å². The third-order valence-electron chi connectivity index (χ3n) is 22.6. The number of nitrogens with zero attached hydrogens (tertiary/aromatic N) is 4. The molecular formula is C125H162Ir4N4O12-4. The fourth-order valence-corrected chi connectivity index (χ4v) is 13.7. The van der Waals surface area contributed by atoms with Crippen LogP contribution in [0.15, 0.2) is 193 Å². The number of benzene rings is 8. The summed E-state index contributed by atoms with van der Waals surface area (Å²) in [7, 11) is 6.76. The van der Waals surface area contributed by atoms with Crippen LogP contribution in [0.2, 0.25) is 0 Å². The van der Waals surface area contributed by atoms with Crippen LogP contribution in [0.4, 0.5) is 0 Å². The number of aliphatic hydroxyl groups excluding tert-OH is 4. The third-order valence-corrected chi connectivity index (χ3v) is 22.6. The molecule has 145 heavy (non-hydrogen) atoms. The van der Waals surface area contributed by atoms with E-state index in [1.807, 2.05) is 233 Å². The van der Waals surface area contributed by atoms with E-state index in [4.69, 9.17) is 38.9 Å². The second-order valence-corrected chi connectivity index (χ2v) is 46.4. The number of ether oxygens (including phenoxy) is 4. The van der Waals surface area contributed by atoms with Crippen LogP contribution >= 0.6 is 0 Å². The van der Waals surface area contributed by atoms with Crippen molar-refractivity contribution in [3.05, 3.63) is 284 Å². The summed E-state index contributed by atoms with van der Waals surface area (Å²) in [4.78, 5) is 65.5. The Morgan fingerprint density at radius 1 is 0.297 bits per heavy atom. The van der Waals surface area contributed by atoms with E-state index in [0.29, 0.717) is 5.92 Å². The number of pyridine rings is 4. The summed E-state index contributed by atoms with van der Waals surface area (Å²) in [5.74, 6) is 4.25. The Morgan fingerprint density at radius 2 is 0.579 bits per heavy atom. The molecule has 0 aliphatic rings. The molecule has 12 rings (SSSR count). The first-order valence-corrected chi connectivity index (χ1v) is 48.3. The minimum Gasteiger partial charge on any atom is -0.512 e. The molecule has 0 saturated heterocycles. The van der Waals surface area contributed by atoms with Gasteiger partial charge in [-0.25, -0.2) is 0 Å². The van der Waals surface area contributed by atoms with Crippen LogP contribution < -0.4 is 18.9 Å². The molecule has 12 aromatic rings. The van der Waals surface area contributed by atoms with Crippen molar-refractivity contribution in [2.75, 3.05) is 28.4 Å². The van der Waals surface area contributed by atoms with Gasteiger partial charge in [0, 0.05) is 170 Å². The van der Waals surface area contributed by atoms with Crippen LogP contribution in [0, 0.1) is 137 Å². The monoisotopic (exact) mass is 2680 g/mol. The molecule has 0 atom stereocenters. The average Bonchev–Trinajstić information content (AvgIpc) is 0.745. The van der Waals surface area contributed by atoms with E-state index in [2.05, 4.69) is 207 Å². The van der Waals surface area contributed by atoms with Gasteiger partial charge in [-0.3, -0.25) is 39.1 Å². The smallest absolute Gasteiger partial charge is 0.164 e. The summed E-state index contributed by atoms with van der Waals surface area (Å²) in [6, 6.07) is 63.7. The molecule has 0 unspecified atom stereocenters. The summed E-state index contributed by atoms with van der Waals surface area (Å²) in [6.45, 7) is 76.4. The van der Waals surface area contributed by atoms with Crippen molar-refractivity contribution in [2.45, 2.75) is 281 Å². The molecule has 0 spiro atoms. The van der Waals surface area contributed by atoms with Gasteiger partial charge < -0.3 is 39.4 Å². The van der Waals surface area contributed by atoms with Crippen molar-refractivity contribution in [1.29, 1.82) is 0 Å². The first-order valence-electron chi connectivity index (χ1n) is 48.3. The van der Waals surface area contributed by atoms with Gasteiger partial charge in [-0.2, -0.15) is 0 Å². The first kappa shape index (κ1) is 133. The van der Waals surface area contributed by atoms with Crippen LogP contribution in [-0.4, -0.2) is 91.9 Å². The number of carbonyl (C=O) groups is 4. The standard InChI is InChI=1S/C22H24NO.C21H22NO.2C19H18NO.4C11H20O2.4Ir/c1-14-9-15(2)11-17(10-14)21-19(22(3,4)5)13-16-12-18(24-6)7-8-20(16)23-21;1-13(2)19-12-16-11-18(23-5)6-7-20(16)22-21(19)17-9-14(3)8-15(4)10-17;1-12-7-13(2)9-16(8-12)19-14(3)10-15-11-17(21-4)5-6-18(15)20-19;1-12-7-13(2)9-15(8-12)17-6-5-16-18(20-17)10-14(3)11-19(16)21-4;4*1-10(2,3)8(12)7-9(13)11(4,5)6;;;;/h7-10,12-13H,1-6H3;6-9,11-13H,1-5H3;2*5-8,10-11H,1-4H3;4*7,12H,1-6H3;;;;/q4*-1;;;;;;;;. The molecular weight excluding hydrogens is 2520 g/mol. The Morgan fingerprint density at radius 3 is 0.876 bits per heavy atom. The number of fused-ring (bicyclic) bond motifs is 4. The number of allylic oxidation sites excluding steroid dienone is 8. The third kappa shape index (κ3) is 41.9. The van der Waals surface area contributed by atoms with E-state index in [9.17, 15) is 39.6 Å². The number of hydrogen-bond acceptors (Lipinski definition) is 16. The van der Waals surface area contributed by atoms with Crippen LogP contribution in [0.5, 0.6) is 23.0 Å². The second kappa shape index (κ2) is 55.3. The molecule has 4 aromatic heterocycles.